The van der Waals surface area contributed by atoms with Gasteiger partial charge in [-0.2, -0.15) is 0 Å². The van der Waals surface area contributed by atoms with Gasteiger partial charge < -0.3 is 4.84 Å². The van der Waals surface area contributed by atoms with Crippen molar-refractivity contribution in [3.05, 3.63) is 0 Å². The molecule has 0 aliphatic carbocycles. The average molecular weight is 133 g/mol. The SMILES string of the molecule is CCON=CCCP. The Bertz CT molecular complexity index is 57.4. The summed E-state index contributed by atoms with van der Waals surface area (Å²) in [5.41, 5.74) is 0. The molecule has 0 amide bonds. The molecule has 0 aromatic rings. The van der Waals surface area contributed by atoms with Crippen LogP contribution in [0.2, 0.25) is 0 Å². The minimum atomic E-state index is 0.660. The molecule has 0 fully saturated rings. The highest BCUT2D eigenvalue weighted by Gasteiger charge is 1.71. The molecule has 0 radical (unpaired) electrons. The van der Waals surface area contributed by atoms with Crippen molar-refractivity contribution < 1.29 is 4.84 Å². The molecule has 0 aromatic carbocycles. The minimum absolute atomic E-state index is 0.660. The van der Waals surface area contributed by atoms with Gasteiger partial charge in [-0.25, -0.2) is 0 Å². The van der Waals surface area contributed by atoms with Crippen LogP contribution in [0.3, 0.4) is 0 Å². The van der Waals surface area contributed by atoms with E-state index in [1.165, 1.54) is 0 Å². The van der Waals surface area contributed by atoms with Gasteiger partial charge in [-0.05, 0) is 19.5 Å². The fourth-order valence-corrected chi connectivity index (χ4v) is 0.404. The Balaban J connectivity index is 2.83. The fourth-order valence-electron chi connectivity index (χ4n) is 0.254. The maximum absolute atomic E-state index is 4.70. The predicted octanol–water partition coefficient (Wildman–Crippen LogP) is 1.27. The van der Waals surface area contributed by atoms with Crippen LogP contribution in [-0.2, 0) is 4.84 Å². The van der Waals surface area contributed by atoms with Gasteiger partial charge in [0, 0.05) is 6.21 Å². The van der Waals surface area contributed by atoms with E-state index in [4.69, 9.17) is 4.84 Å². The minimum Gasteiger partial charge on any atom is -0.396 e. The van der Waals surface area contributed by atoms with Crippen LogP contribution in [-0.4, -0.2) is 19.0 Å². The number of hydrogen-bond donors (Lipinski definition) is 0. The summed E-state index contributed by atoms with van der Waals surface area (Å²) in [5, 5.41) is 3.64. The lowest BCUT2D eigenvalue weighted by molar-refractivity contribution is 0.160. The topological polar surface area (TPSA) is 21.6 Å². The van der Waals surface area contributed by atoms with Gasteiger partial charge in [-0.15, -0.1) is 9.24 Å². The van der Waals surface area contributed by atoms with Crippen LogP contribution in [0.15, 0.2) is 5.16 Å². The highest BCUT2D eigenvalue weighted by Crippen LogP contribution is 1.83. The Morgan fingerprint density at radius 3 is 3.00 bits per heavy atom. The molecule has 0 bridgehead atoms. The Labute approximate surface area is 52.5 Å². The molecule has 1 atom stereocenters. The molecule has 0 spiro atoms. The molecule has 0 saturated carbocycles. The van der Waals surface area contributed by atoms with Gasteiger partial charge in [0.15, 0.2) is 0 Å². The molecule has 0 aliphatic heterocycles. The van der Waals surface area contributed by atoms with E-state index in [0.717, 1.165) is 12.6 Å². The number of hydrogen-bond acceptors (Lipinski definition) is 2. The second-order valence-corrected chi connectivity index (χ2v) is 1.86. The van der Waals surface area contributed by atoms with Crippen molar-refractivity contribution in [1.82, 2.24) is 0 Å². The van der Waals surface area contributed by atoms with Crippen LogP contribution in [0.4, 0.5) is 0 Å². The lowest BCUT2D eigenvalue weighted by Crippen LogP contribution is -1.81. The van der Waals surface area contributed by atoms with Crippen molar-refractivity contribution in [2.24, 2.45) is 5.16 Å². The zero-order valence-electron chi connectivity index (χ0n) is 5.13. The van der Waals surface area contributed by atoms with E-state index in [9.17, 15) is 0 Å². The molecule has 8 heavy (non-hydrogen) atoms. The van der Waals surface area contributed by atoms with Gasteiger partial charge in [-0.3, -0.25) is 0 Å². The summed E-state index contributed by atoms with van der Waals surface area (Å²) in [7, 11) is 2.62. The Morgan fingerprint density at radius 1 is 1.75 bits per heavy atom. The first-order valence-corrected chi connectivity index (χ1v) is 3.57. The van der Waals surface area contributed by atoms with Crippen LogP contribution in [0.1, 0.15) is 13.3 Å². The average Bonchev–Trinajstić information content (AvgIpc) is 1.81. The molecule has 0 aromatic heterocycles. The summed E-state index contributed by atoms with van der Waals surface area (Å²) in [5.74, 6) is 0. The molecule has 2 nitrogen and oxygen atoms in total. The van der Waals surface area contributed by atoms with E-state index < -0.39 is 0 Å². The molecule has 3 heteroatoms. The van der Waals surface area contributed by atoms with E-state index in [1.54, 1.807) is 6.21 Å². The Morgan fingerprint density at radius 2 is 2.50 bits per heavy atom. The van der Waals surface area contributed by atoms with Gasteiger partial charge >= 0.3 is 0 Å². The van der Waals surface area contributed by atoms with E-state index in [0.29, 0.717) is 6.61 Å². The molecule has 1 unspecified atom stereocenters. The normalized spacial score (nSPS) is 10.2. The number of oxime groups is 1. The van der Waals surface area contributed by atoms with Crippen LogP contribution in [0.25, 0.3) is 0 Å². The van der Waals surface area contributed by atoms with Crippen LogP contribution in [0, 0.1) is 0 Å². The van der Waals surface area contributed by atoms with E-state index in [-0.39, 0.29) is 0 Å². The Hall–Kier alpha value is -0.100. The third kappa shape index (κ3) is 5.90. The van der Waals surface area contributed by atoms with E-state index in [1.807, 2.05) is 6.92 Å². The molecule has 0 aliphatic rings. The predicted molar refractivity (Wildman–Crippen MR) is 39.3 cm³/mol. The van der Waals surface area contributed by atoms with Crippen molar-refractivity contribution in [3.8, 4) is 0 Å². The highest BCUT2D eigenvalue weighted by molar-refractivity contribution is 7.16. The molecule has 0 heterocycles. The quantitative estimate of drug-likeness (QED) is 0.321. The highest BCUT2D eigenvalue weighted by atomic mass is 31.0. The third-order valence-corrected chi connectivity index (χ3v) is 0.907. The standard InChI is InChI=1S/C5H12NOP/c1-2-7-6-4-3-5-8/h4H,2-3,5,8H2,1H3. The second kappa shape index (κ2) is 6.90. The largest absolute Gasteiger partial charge is 0.396 e. The van der Waals surface area contributed by atoms with Crippen molar-refractivity contribution >= 4 is 15.5 Å². The summed E-state index contributed by atoms with van der Waals surface area (Å²) < 4.78 is 0. The monoisotopic (exact) mass is 133 g/mol. The first kappa shape index (κ1) is 7.90. The first-order valence-electron chi connectivity index (χ1n) is 2.75. The van der Waals surface area contributed by atoms with Gasteiger partial charge in [0.1, 0.15) is 6.61 Å². The van der Waals surface area contributed by atoms with Crippen LogP contribution >= 0.6 is 9.24 Å². The van der Waals surface area contributed by atoms with Gasteiger partial charge in [0.25, 0.3) is 0 Å². The fraction of sp³-hybridized carbons (Fsp3) is 0.800. The lowest BCUT2D eigenvalue weighted by Gasteiger charge is -1.87. The molecule has 0 rings (SSSR count). The summed E-state index contributed by atoms with van der Waals surface area (Å²) in [6.45, 7) is 2.57. The number of rotatable bonds is 4. The summed E-state index contributed by atoms with van der Waals surface area (Å²) in [6.07, 6.45) is 3.80. The van der Waals surface area contributed by atoms with Gasteiger partial charge in [0.05, 0.1) is 0 Å². The molecular formula is C5H12NOP. The van der Waals surface area contributed by atoms with Crippen molar-refractivity contribution in [3.63, 3.8) is 0 Å². The molecule has 0 N–H and O–H groups in total. The zero-order chi connectivity index (χ0) is 6.24. The van der Waals surface area contributed by atoms with Crippen molar-refractivity contribution in [2.75, 3.05) is 12.8 Å². The van der Waals surface area contributed by atoms with E-state index >= 15 is 0 Å². The summed E-state index contributed by atoms with van der Waals surface area (Å²) in [6, 6.07) is 0. The first-order chi connectivity index (χ1) is 3.91. The van der Waals surface area contributed by atoms with E-state index in [2.05, 4.69) is 14.4 Å². The van der Waals surface area contributed by atoms with Crippen LogP contribution in [0.5, 0.6) is 0 Å². The smallest absolute Gasteiger partial charge is 0.114 e. The van der Waals surface area contributed by atoms with Crippen LogP contribution < -0.4 is 0 Å². The zero-order valence-corrected chi connectivity index (χ0v) is 6.29. The van der Waals surface area contributed by atoms with Crippen molar-refractivity contribution in [1.29, 1.82) is 0 Å². The van der Waals surface area contributed by atoms with Gasteiger partial charge in [0.2, 0.25) is 0 Å². The van der Waals surface area contributed by atoms with Crippen molar-refractivity contribution in [2.45, 2.75) is 13.3 Å². The second-order valence-electron chi connectivity index (χ2n) is 1.28. The molecular weight excluding hydrogens is 121 g/mol. The summed E-state index contributed by atoms with van der Waals surface area (Å²) >= 11 is 0. The van der Waals surface area contributed by atoms with Gasteiger partial charge in [-0.1, -0.05) is 5.16 Å². The lowest BCUT2D eigenvalue weighted by atomic mass is 10.5. The third-order valence-electron chi connectivity index (χ3n) is 0.574. The number of nitrogens with zero attached hydrogens (tertiary/aromatic N) is 1. The maximum Gasteiger partial charge on any atom is 0.114 e. The summed E-state index contributed by atoms with van der Waals surface area (Å²) in [4.78, 5) is 4.70. The Kier molecular flexibility index (Phi) is 6.81. The molecule has 0 saturated heterocycles. The maximum atomic E-state index is 4.70. The molecule has 48 valence electrons.